The molecular weight excluding hydrogens is 707 g/mol. The van der Waals surface area contributed by atoms with E-state index in [9.17, 15) is 5.11 Å². The summed E-state index contributed by atoms with van der Waals surface area (Å²) in [4.78, 5) is 10.4. The smallest absolute Gasteiger partial charge is 0.149 e. The van der Waals surface area contributed by atoms with E-state index in [-0.39, 0.29) is 16.6 Å². The van der Waals surface area contributed by atoms with E-state index in [1.54, 1.807) is 6.07 Å². The average Bonchev–Trinajstić information content (AvgIpc) is 3.62. The summed E-state index contributed by atoms with van der Waals surface area (Å²) in [6.45, 7) is 17.4. The first-order valence-corrected chi connectivity index (χ1v) is 20.4. The van der Waals surface area contributed by atoms with Crippen LogP contribution in [0.1, 0.15) is 85.8 Å². The van der Waals surface area contributed by atoms with Crippen molar-refractivity contribution in [3.63, 3.8) is 0 Å². The van der Waals surface area contributed by atoms with Gasteiger partial charge in [0.05, 0.1) is 28.0 Å². The maximum atomic E-state index is 11.4. The van der Waals surface area contributed by atoms with E-state index in [0.717, 1.165) is 73.3 Å². The lowest BCUT2D eigenvalue weighted by atomic mass is 9.81. The van der Waals surface area contributed by atoms with E-state index in [0.29, 0.717) is 11.4 Å². The summed E-state index contributed by atoms with van der Waals surface area (Å²) < 4.78 is 10.7. The lowest BCUT2D eigenvalue weighted by Gasteiger charge is -2.25. The minimum atomic E-state index is -0.659. The monoisotopic (exact) mass is 760 g/mol. The Kier molecular flexibility index (Phi) is 9.81. The lowest BCUT2D eigenvalue weighted by molar-refractivity contribution is 0.477. The molecule has 0 fully saturated rings. The predicted molar refractivity (Wildman–Crippen MR) is 244 cm³/mol. The van der Waals surface area contributed by atoms with Gasteiger partial charge in [0.2, 0.25) is 0 Å². The Morgan fingerprint density at radius 1 is 0.621 bits per heavy atom. The van der Waals surface area contributed by atoms with Gasteiger partial charge in [-0.2, -0.15) is 0 Å². The largest absolute Gasteiger partial charge is 0.507 e. The Balaban J connectivity index is 1.35. The average molecular weight is 761 g/mol. The molecule has 290 valence electrons. The van der Waals surface area contributed by atoms with Gasteiger partial charge in [0.25, 0.3) is 0 Å². The molecular formula is C54H53N3O. The van der Waals surface area contributed by atoms with Gasteiger partial charge < -0.3 is 5.11 Å². The zero-order valence-corrected chi connectivity index (χ0v) is 34.9. The summed E-state index contributed by atoms with van der Waals surface area (Å²) in [5, 5.41) is 11.4. The van der Waals surface area contributed by atoms with Crippen LogP contribution in [0, 0.1) is 0 Å². The van der Waals surface area contributed by atoms with E-state index < -0.39 is 5.89 Å². The molecule has 0 amide bonds. The van der Waals surface area contributed by atoms with Gasteiger partial charge in [-0.15, -0.1) is 0 Å². The highest BCUT2D eigenvalue weighted by atomic mass is 16.3. The second-order valence-electron chi connectivity index (χ2n) is 17.4. The van der Waals surface area contributed by atoms with Gasteiger partial charge in [-0.25, -0.2) is 4.98 Å². The molecule has 0 spiro atoms. The van der Waals surface area contributed by atoms with Crippen LogP contribution in [0.2, 0.25) is 0 Å². The van der Waals surface area contributed by atoms with Crippen molar-refractivity contribution >= 4 is 11.0 Å². The Morgan fingerprint density at radius 2 is 1.33 bits per heavy atom. The van der Waals surface area contributed by atoms with Crippen LogP contribution in [0.5, 0.6) is 5.75 Å². The number of hydrogen-bond acceptors (Lipinski definition) is 3. The molecule has 8 rings (SSSR count). The summed E-state index contributed by atoms with van der Waals surface area (Å²) in [6, 6.07) is 50.6. The molecule has 0 aliphatic heterocycles. The van der Waals surface area contributed by atoms with Gasteiger partial charge in [-0.1, -0.05) is 146 Å². The van der Waals surface area contributed by atoms with E-state index in [2.05, 4.69) is 149 Å². The molecule has 0 radical (unpaired) electrons. The van der Waals surface area contributed by atoms with E-state index in [1.165, 1.54) is 11.1 Å². The first kappa shape index (κ1) is 37.3. The molecule has 8 aromatic rings. The van der Waals surface area contributed by atoms with Crippen molar-refractivity contribution in [1.29, 1.82) is 0 Å². The number of aromatic hydroxyl groups is 1. The number of rotatable bonds is 9. The molecule has 0 bridgehead atoms. The highest BCUT2D eigenvalue weighted by molar-refractivity contribution is 5.97. The van der Waals surface area contributed by atoms with Crippen LogP contribution in [0.15, 0.2) is 152 Å². The molecule has 58 heavy (non-hydrogen) atoms. The molecule has 0 atom stereocenters. The van der Waals surface area contributed by atoms with Crippen LogP contribution in [0.4, 0.5) is 0 Å². The summed E-state index contributed by atoms with van der Waals surface area (Å²) in [5.41, 5.74) is 15.1. The van der Waals surface area contributed by atoms with Crippen molar-refractivity contribution in [2.45, 2.75) is 78.5 Å². The van der Waals surface area contributed by atoms with E-state index >= 15 is 0 Å². The summed E-state index contributed by atoms with van der Waals surface area (Å²) in [7, 11) is 0. The lowest BCUT2D eigenvalue weighted by Crippen LogP contribution is -2.16. The number of aromatic nitrogens is 3. The highest BCUT2D eigenvalue weighted by Crippen LogP contribution is 2.43. The van der Waals surface area contributed by atoms with Crippen molar-refractivity contribution in [3.05, 3.63) is 168 Å². The Hall–Kier alpha value is -6.26. The maximum Gasteiger partial charge on any atom is 0.149 e. The fourth-order valence-electron chi connectivity index (χ4n) is 7.75. The third-order valence-electron chi connectivity index (χ3n) is 11.8. The van der Waals surface area contributed by atoms with Crippen molar-refractivity contribution in [1.82, 2.24) is 14.5 Å². The number of phenols is 1. The van der Waals surface area contributed by atoms with Crippen molar-refractivity contribution in [3.8, 4) is 67.5 Å². The molecule has 0 aliphatic carbocycles. The fraction of sp³-hybridized carbons (Fsp3) is 0.222. The van der Waals surface area contributed by atoms with Gasteiger partial charge in [0, 0.05) is 24.3 Å². The Morgan fingerprint density at radius 3 is 2.03 bits per heavy atom. The normalized spacial score (nSPS) is 12.5. The van der Waals surface area contributed by atoms with Crippen molar-refractivity contribution < 1.29 is 6.48 Å². The standard InChI is InChI=1S/C54H53N3O/c1-9-54(7,8)42-26-27-48(46(34-42)38-16-11-10-12-17-38)57-49-20-15-19-44(51(49)56-52(57)45-18-13-14-21-50(45)58)40-30-41(32-43(31-40)53(4,5)6)47-33-39(28-29-55-47)37-24-22-36(23-25-37)35(2)3/h10-35,58H,9H2,1-8H3/i35D. The molecule has 1 N–H and O–H groups in total. The van der Waals surface area contributed by atoms with E-state index in [4.69, 9.17) is 11.3 Å². The molecule has 0 saturated heterocycles. The maximum absolute atomic E-state index is 11.4. The second-order valence-corrected chi connectivity index (χ2v) is 17.4. The molecule has 0 saturated carbocycles. The zero-order chi connectivity index (χ0) is 41.7. The predicted octanol–water partition coefficient (Wildman–Crippen LogP) is 14.6. The number of hydrogen-bond donors (Lipinski definition) is 1. The number of phenolic OH excluding ortho intramolecular Hbond substituents is 1. The molecule has 4 heteroatoms. The number of para-hydroxylation sites is 2. The fourth-order valence-corrected chi connectivity index (χ4v) is 7.75. The molecule has 0 aliphatic rings. The van der Waals surface area contributed by atoms with Gasteiger partial charge in [-0.05, 0) is 117 Å². The second kappa shape index (κ2) is 15.2. The molecule has 2 heterocycles. The first-order valence-electron chi connectivity index (χ1n) is 20.9. The van der Waals surface area contributed by atoms with Crippen LogP contribution < -0.4 is 0 Å². The van der Waals surface area contributed by atoms with Gasteiger partial charge in [-0.3, -0.25) is 9.55 Å². The number of pyridine rings is 1. The number of fused-ring (bicyclic) bond motifs is 1. The van der Waals surface area contributed by atoms with Crippen LogP contribution in [0.3, 0.4) is 0 Å². The Bertz CT molecular complexity index is 2800. The number of imidazole rings is 1. The van der Waals surface area contributed by atoms with Crippen LogP contribution >= 0.6 is 0 Å². The van der Waals surface area contributed by atoms with E-state index in [1.807, 2.05) is 56.4 Å². The summed E-state index contributed by atoms with van der Waals surface area (Å²) >= 11 is 0. The molecule has 2 aromatic heterocycles. The third-order valence-corrected chi connectivity index (χ3v) is 11.8. The van der Waals surface area contributed by atoms with Gasteiger partial charge in [0.1, 0.15) is 11.6 Å². The first-order chi connectivity index (χ1) is 28.1. The van der Waals surface area contributed by atoms with Crippen LogP contribution in [0.25, 0.3) is 72.7 Å². The summed E-state index contributed by atoms with van der Waals surface area (Å²) in [5.74, 6) is 0.191. The topological polar surface area (TPSA) is 50.9 Å². The van der Waals surface area contributed by atoms with Crippen molar-refractivity contribution in [2.24, 2.45) is 0 Å². The molecule has 0 unspecified atom stereocenters. The minimum Gasteiger partial charge on any atom is -0.507 e. The van der Waals surface area contributed by atoms with Gasteiger partial charge >= 0.3 is 0 Å². The Labute approximate surface area is 345 Å². The highest BCUT2D eigenvalue weighted by Gasteiger charge is 2.25. The molecule has 6 aromatic carbocycles. The minimum absolute atomic E-state index is 0.0130. The number of nitrogens with zero attached hydrogens (tertiary/aromatic N) is 3. The quantitative estimate of drug-likeness (QED) is 0.159. The third kappa shape index (κ3) is 7.36. The molecule has 4 nitrogen and oxygen atoms in total. The van der Waals surface area contributed by atoms with Crippen molar-refractivity contribution in [2.75, 3.05) is 0 Å². The van der Waals surface area contributed by atoms with Crippen LogP contribution in [-0.2, 0) is 10.8 Å². The summed E-state index contributed by atoms with van der Waals surface area (Å²) in [6.07, 6.45) is 2.89. The number of benzene rings is 6. The van der Waals surface area contributed by atoms with Gasteiger partial charge in [0.15, 0.2) is 0 Å². The SMILES string of the molecule is [2H]C(C)(C)c1ccc(-c2ccnc(-c3cc(-c4cccc5c4nc(-c4ccccc4O)n5-c4ccc(C(C)(C)CC)cc4-c4ccccc4)cc(C(C)(C)C)c3)c2)cc1. The zero-order valence-electron chi connectivity index (χ0n) is 35.9. The van der Waals surface area contributed by atoms with Crippen LogP contribution in [-0.4, -0.2) is 19.6 Å².